The van der Waals surface area contributed by atoms with Crippen LogP contribution in [0.4, 0.5) is 5.95 Å². The Hall–Kier alpha value is -2.71. The highest BCUT2D eigenvalue weighted by Crippen LogP contribution is 2.32. The van der Waals surface area contributed by atoms with Gasteiger partial charge in [0.05, 0.1) is 11.7 Å². The summed E-state index contributed by atoms with van der Waals surface area (Å²) >= 11 is 1.58. The van der Waals surface area contributed by atoms with Crippen molar-refractivity contribution < 1.29 is 0 Å². The lowest BCUT2D eigenvalue weighted by Gasteiger charge is -2.36. The predicted molar refractivity (Wildman–Crippen MR) is 112 cm³/mol. The summed E-state index contributed by atoms with van der Waals surface area (Å²) < 4.78 is 0. The molecule has 142 valence electrons. The molecule has 1 aliphatic rings. The molecule has 3 N–H and O–H groups in total. The first-order chi connectivity index (χ1) is 13.6. The molecule has 0 bridgehead atoms. The molecule has 0 unspecified atom stereocenters. The summed E-state index contributed by atoms with van der Waals surface area (Å²) in [5, 5.41) is 1.94. The van der Waals surface area contributed by atoms with Crippen LogP contribution in [0.1, 0.15) is 19.8 Å². The minimum Gasteiger partial charge on any atom is -0.342 e. The highest BCUT2D eigenvalue weighted by molar-refractivity contribution is 7.99. The third-order valence-electron chi connectivity index (χ3n) is 5.20. The van der Waals surface area contributed by atoms with Crippen molar-refractivity contribution in [3.63, 3.8) is 0 Å². The number of anilines is 1. The second kappa shape index (κ2) is 6.72. The van der Waals surface area contributed by atoms with Gasteiger partial charge in [0.1, 0.15) is 5.03 Å². The largest absolute Gasteiger partial charge is 0.342 e. The topological polar surface area (TPSA) is 96.6 Å². The lowest BCUT2D eigenvalue weighted by atomic mass is 9.91. The monoisotopic (exact) mass is 391 g/mol. The molecule has 0 aliphatic carbocycles. The third kappa shape index (κ3) is 3.29. The summed E-state index contributed by atoms with van der Waals surface area (Å²) in [6, 6.07) is 10.1. The molecule has 0 spiro atoms. The van der Waals surface area contributed by atoms with E-state index >= 15 is 0 Å². The van der Waals surface area contributed by atoms with Gasteiger partial charge in [-0.3, -0.25) is 4.98 Å². The summed E-state index contributed by atoms with van der Waals surface area (Å²) in [6.45, 7) is 3.88. The summed E-state index contributed by atoms with van der Waals surface area (Å²) in [6.07, 6.45) is 5.48. The van der Waals surface area contributed by atoms with Crippen LogP contribution in [0.5, 0.6) is 0 Å². The zero-order valence-corrected chi connectivity index (χ0v) is 16.4. The number of aromatic amines is 1. The van der Waals surface area contributed by atoms with Gasteiger partial charge >= 0.3 is 0 Å². The molecule has 0 saturated carbocycles. The fraction of sp³-hybridized carbons (Fsp3) is 0.300. The van der Waals surface area contributed by atoms with Crippen molar-refractivity contribution in [3.8, 4) is 0 Å². The highest BCUT2D eigenvalue weighted by Gasteiger charge is 2.27. The van der Waals surface area contributed by atoms with Gasteiger partial charge in [0.2, 0.25) is 5.95 Å². The number of piperidine rings is 1. The van der Waals surface area contributed by atoms with E-state index in [-0.39, 0.29) is 5.54 Å². The van der Waals surface area contributed by atoms with Gasteiger partial charge < -0.3 is 15.6 Å². The number of rotatable bonds is 3. The van der Waals surface area contributed by atoms with Gasteiger partial charge in [-0.15, -0.1) is 0 Å². The summed E-state index contributed by atoms with van der Waals surface area (Å²) in [5.41, 5.74) is 8.47. The van der Waals surface area contributed by atoms with Crippen LogP contribution in [0.25, 0.3) is 22.2 Å². The maximum atomic E-state index is 6.24. The number of aromatic nitrogens is 5. The average molecular weight is 392 g/mol. The first kappa shape index (κ1) is 17.4. The van der Waals surface area contributed by atoms with E-state index in [9.17, 15) is 0 Å². The zero-order chi connectivity index (χ0) is 19.1. The van der Waals surface area contributed by atoms with Crippen molar-refractivity contribution in [2.75, 3.05) is 18.0 Å². The van der Waals surface area contributed by atoms with Crippen LogP contribution in [0, 0.1) is 0 Å². The van der Waals surface area contributed by atoms with E-state index < -0.39 is 0 Å². The number of nitrogens with zero attached hydrogens (tertiary/aromatic N) is 5. The number of nitrogens with two attached hydrogens (primary N) is 1. The maximum Gasteiger partial charge on any atom is 0.206 e. The van der Waals surface area contributed by atoms with E-state index in [0.29, 0.717) is 11.3 Å². The van der Waals surface area contributed by atoms with Crippen LogP contribution in [-0.4, -0.2) is 43.5 Å². The number of hydrogen-bond acceptors (Lipinski definition) is 7. The van der Waals surface area contributed by atoms with Gasteiger partial charge in [-0.05, 0) is 38.0 Å². The fourth-order valence-electron chi connectivity index (χ4n) is 3.47. The zero-order valence-electron chi connectivity index (χ0n) is 15.6. The molecule has 1 aliphatic heterocycles. The van der Waals surface area contributed by atoms with Crippen LogP contribution in [-0.2, 0) is 0 Å². The Bertz CT molecular complexity index is 1140. The first-order valence-electron chi connectivity index (χ1n) is 9.36. The van der Waals surface area contributed by atoms with E-state index in [1.54, 1.807) is 18.0 Å². The molecule has 7 nitrogen and oxygen atoms in total. The number of benzene rings is 1. The summed E-state index contributed by atoms with van der Waals surface area (Å²) in [4.78, 5) is 24.9. The minimum absolute atomic E-state index is 0.0872. The van der Waals surface area contributed by atoms with Gasteiger partial charge in [0, 0.05) is 35.1 Å². The SMILES string of the molecule is CC1(N)CCN(c2nc3ncc(Sc4cccc5ncccc45)nc3[nH]2)CC1. The van der Waals surface area contributed by atoms with Crippen LogP contribution in [0.15, 0.2) is 52.6 Å². The summed E-state index contributed by atoms with van der Waals surface area (Å²) in [5.74, 6) is 0.821. The van der Waals surface area contributed by atoms with Crippen LogP contribution >= 0.6 is 11.8 Å². The number of fused-ring (bicyclic) bond motifs is 2. The number of imidazole rings is 1. The minimum atomic E-state index is -0.0872. The van der Waals surface area contributed by atoms with E-state index in [0.717, 1.165) is 52.7 Å². The molecule has 1 fully saturated rings. The van der Waals surface area contributed by atoms with Gasteiger partial charge in [-0.1, -0.05) is 23.9 Å². The van der Waals surface area contributed by atoms with Gasteiger partial charge in [-0.2, -0.15) is 4.98 Å². The van der Waals surface area contributed by atoms with Crippen LogP contribution < -0.4 is 10.6 Å². The smallest absolute Gasteiger partial charge is 0.206 e. The Morgan fingerprint density at radius 2 is 1.96 bits per heavy atom. The molecule has 8 heteroatoms. The third-order valence-corrected chi connectivity index (χ3v) is 6.18. The van der Waals surface area contributed by atoms with Crippen molar-refractivity contribution in [2.45, 2.75) is 35.2 Å². The Morgan fingerprint density at radius 1 is 1.11 bits per heavy atom. The number of hydrogen-bond donors (Lipinski definition) is 2. The molecule has 4 aromatic rings. The number of H-pyrrole nitrogens is 1. The molecular weight excluding hydrogens is 370 g/mol. The highest BCUT2D eigenvalue weighted by atomic mass is 32.2. The Labute approximate surface area is 166 Å². The Morgan fingerprint density at radius 3 is 2.82 bits per heavy atom. The molecule has 5 rings (SSSR count). The van der Waals surface area contributed by atoms with Crippen molar-refractivity contribution >= 4 is 39.9 Å². The van der Waals surface area contributed by atoms with Gasteiger partial charge in [0.25, 0.3) is 0 Å². The molecule has 1 saturated heterocycles. The van der Waals surface area contributed by atoms with Crippen molar-refractivity contribution in [3.05, 3.63) is 42.7 Å². The predicted octanol–water partition coefficient (Wildman–Crippen LogP) is 3.37. The van der Waals surface area contributed by atoms with E-state index in [4.69, 9.17) is 10.7 Å². The maximum absolute atomic E-state index is 6.24. The molecular formula is C20H21N7S. The summed E-state index contributed by atoms with van der Waals surface area (Å²) in [7, 11) is 0. The number of nitrogens with one attached hydrogen (secondary N) is 1. The number of pyridine rings is 1. The fourth-order valence-corrected chi connectivity index (χ4v) is 4.37. The van der Waals surface area contributed by atoms with Crippen LogP contribution in [0.3, 0.4) is 0 Å². The Balaban J connectivity index is 1.42. The van der Waals surface area contributed by atoms with Crippen molar-refractivity contribution in [1.29, 1.82) is 0 Å². The molecule has 0 radical (unpaired) electrons. The molecule has 0 amide bonds. The van der Waals surface area contributed by atoms with Gasteiger partial charge in [-0.25, -0.2) is 9.97 Å². The lowest BCUT2D eigenvalue weighted by Crippen LogP contribution is -2.48. The molecule has 28 heavy (non-hydrogen) atoms. The van der Waals surface area contributed by atoms with Crippen molar-refractivity contribution in [1.82, 2.24) is 24.9 Å². The molecule has 0 atom stereocenters. The van der Waals surface area contributed by atoms with E-state index in [1.807, 2.05) is 24.4 Å². The van der Waals surface area contributed by atoms with Crippen molar-refractivity contribution in [2.24, 2.45) is 5.73 Å². The van der Waals surface area contributed by atoms with Crippen LogP contribution in [0.2, 0.25) is 0 Å². The molecule has 4 heterocycles. The standard InChI is InChI=1S/C20H21N7S/c1-20(21)7-10-27(11-8-20)19-25-17-18(26-19)24-16(12-23-17)28-15-6-2-5-14-13(15)4-3-9-22-14/h2-6,9,12H,7-8,10-11,21H2,1H3,(H,23,24,25,26). The second-order valence-electron chi connectivity index (χ2n) is 7.51. The van der Waals surface area contributed by atoms with Gasteiger partial charge in [0.15, 0.2) is 11.3 Å². The normalized spacial score (nSPS) is 16.7. The first-order valence-corrected chi connectivity index (χ1v) is 10.2. The Kier molecular flexibility index (Phi) is 4.17. The van der Waals surface area contributed by atoms with E-state index in [1.165, 1.54) is 0 Å². The molecule has 1 aromatic carbocycles. The second-order valence-corrected chi connectivity index (χ2v) is 8.57. The quantitative estimate of drug-likeness (QED) is 0.553. The van der Waals surface area contributed by atoms with E-state index in [2.05, 4.69) is 43.9 Å². The molecule has 3 aromatic heterocycles. The lowest BCUT2D eigenvalue weighted by molar-refractivity contribution is 0.362. The average Bonchev–Trinajstić information content (AvgIpc) is 3.11.